The molecule has 0 radical (unpaired) electrons. The van der Waals surface area contributed by atoms with Crippen LogP contribution in [0.15, 0.2) is 103 Å². The third kappa shape index (κ3) is 3.85. The van der Waals surface area contributed by atoms with E-state index in [-0.39, 0.29) is 5.57 Å². The molecule has 1 aliphatic heterocycles. The number of benzene rings is 3. The maximum absolute atomic E-state index is 13.0. The Kier molecular flexibility index (Phi) is 5.63. The van der Waals surface area contributed by atoms with Crippen LogP contribution in [0.3, 0.4) is 0 Å². The first-order valence-corrected chi connectivity index (χ1v) is 11.2. The van der Waals surface area contributed by atoms with Crippen LogP contribution in [0.25, 0.3) is 34.3 Å². The summed E-state index contributed by atoms with van der Waals surface area (Å²) in [5.41, 5.74) is 5.26. The normalized spacial score (nSPS) is 14.0. The minimum absolute atomic E-state index is 0.0587. The fourth-order valence-corrected chi connectivity index (χ4v) is 4.33. The molecule has 0 aliphatic carbocycles. The van der Waals surface area contributed by atoms with E-state index < -0.39 is 17.8 Å². The lowest BCUT2D eigenvalue weighted by molar-refractivity contribution is -0.134. The van der Waals surface area contributed by atoms with Gasteiger partial charge in [0.1, 0.15) is 5.57 Å². The van der Waals surface area contributed by atoms with Gasteiger partial charge in [-0.1, -0.05) is 78.9 Å². The summed E-state index contributed by atoms with van der Waals surface area (Å²) < 4.78 is 2.13. The van der Waals surface area contributed by atoms with Gasteiger partial charge in [0.2, 0.25) is 0 Å². The molecule has 172 valence electrons. The molecule has 1 fully saturated rings. The fraction of sp³-hybridized carbons (Fsp3) is 0.0690. The van der Waals surface area contributed by atoms with E-state index in [4.69, 9.17) is 0 Å². The van der Waals surface area contributed by atoms with Gasteiger partial charge in [-0.05, 0) is 35.4 Å². The highest BCUT2D eigenvalue weighted by molar-refractivity contribution is 6.30. The average molecular weight is 462 g/mol. The Morgan fingerprint density at radius 3 is 1.66 bits per heavy atom. The molecule has 0 saturated carbocycles. The smallest absolute Gasteiger partial charge is 0.309 e. The number of carbonyl (C=O) groups is 3. The molecule has 3 aromatic carbocycles. The largest absolute Gasteiger partial charge is 0.333 e. The maximum atomic E-state index is 13.0. The second-order valence-electron chi connectivity index (χ2n) is 8.31. The van der Waals surface area contributed by atoms with Crippen LogP contribution in [0.4, 0.5) is 4.79 Å². The number of nitrogens with zero attached hydrogens (tertiary/aromatic N) is 3. The van der Waals surface area contributed by atoms with Crippen LogP contribution in [-0.4, -0.2) is 46.3 Å². The molecule has 0 atom stereocenters. The summed E-state index contributed by atoms with van der Waals surface area (Å²) in [6.07, 6.45) is 1.60. The molecule has 1 aliphatic rings. The summed E-state index contributed by atoms with van der Waals surface area (Å²) in [5.74, 6) is -1.24. The number of aromatic nitrogens is 1. The van der Waals surface area contributed by atoms with Crippen LogP contribution in [-0.2, 0) is 9.59 Å². The monoisotopic (exact) mass is 461 g/mol. The highest BCUT2D eigenvalue weighted by atomic mass is 16.2. The molecule has 0 bridgehead atoms. The molecule has 5 rings (SSSR count). The third-order valence-electron chi connectivity index (χ3n) is 6.11. The lowest BCUT2D eigenvalue weighted by Gasteiger charge is -2.28. The zero-order chi connectivity index (χ0) is 24.5. The predicted molar refractivity (Wildman–Crippen MR) is 136 cm³/mol. The molecule has 6 heteroatoms. The van der Waals surface area contributed by atoms with Crippen molar-refractivity contribution in [2.75, 3.05) is 14.1 Å². The number of imide groups is 2. The van der Waals surface area contributed by atoms with Crippen molar-refractivity contribution in [3.63, 3.8) is 0 Å². The number of hydrogen-bond acceptors (Lipinski definition) is 3. The number of likely N-dealkylation sites (N-methyl/N-ethyl adjacent to an activating group) is 2. The van der Waals surface area contributed by atoms with E-state index in [1.165, 1.54) is 14.1 Å². The van der Waals surface area contributed by atoms with Gasteiger partial charge in [-0.3, -0.25) is 19.4 Å². The molecule has 6 nitrogen and oxygen atoms in total. The van der Waals surface area contributed by atoms with E-state index in [9.17, 15) is 14.4 Å². The van der Waals surface area contributed by atoms with Gasteiger partial charge >= 0.3 is 6.03 Å². The molecule has 4 aromatic rings. The summed E-state index contributed by atoms with van der Waals surface area (Å²) in [6, 6.07) is 31.1. The number of hydrogen-bond donors (Lipinski definition) is 0. The van der Waals surface area contributed by atoms with Crippen molar-refractivity contribution in [3.05, 3.63) is 108 Å². The van der Waals surface area contributed by atoms with Crippen molar-refractivity contribution in [2.45, 2.75) is 0 Å². The summed E-state index contributed by atoms with van der Waals surface area (Å²) in [6.45, 7) is 0. The van der Waals surface area contributed by atoms with E-state index in [1.807, 2.05) is 97.1 Å². The van der Waals surface area contributed by atoms with Crippen LogP contribution in [0.5, 0.6) is 0 Å². The van der Waals surface area contributed by atoms with Crippen molar-refractivity contribution in [2.24, 2.45) is 0 Å². The number of carbonyl (C=O) groups excluding carboxylic acids is 3. The Morgan fingerprint density at radius 1 is 0.629 bits per heavy atom. The van der Waals surface area contributed by atoms with Crippen molar-refractivity contribution in [3.8, 4) is 28.2 Å². The van der Waals surface area contributed by atoms with Gasteiger partial charge in [-0.2, -0.15) is 0 Å². The van der Waals surface area contributed by atoms with Gasteiger partial charge in [0.15, 0.2) is 0 Å². The highest BCUT2D eigenvalue weighted by Gasteiger charge is 2.38. The zero-order valence-electron chi connectivity index (χ0n) is 19.4. The van der Waals surface area contributed by atoms with Crippen LogP contribution in [0.2, 0.25) is 0 Å². The van der Waals surface area contributed by atoms with E-state index in [0.29, 0.717) is 5.56 Å². The Hall–Kier alpha value is -4.71. The van der Waals surface area contributed by atoms with Gasteiger partial charge in [-0.15, -0.1) is 0 Å². The minimum atomic E-state index is -0.646. The minimum Gasteiger partial charge on any atom is -0.309 e. The van der Waals surface area contributed by atoms with Crippen molar-refractivity contribution < 1.29 is 14.4 Å². The average Bonchev–Trinajstić information content (AvgIpc) is 3.29. The first kappa shape index (κ1) is 22.1. The zero-order valence-corrected chi connectivity index (χ0v) is 19.4. The number of barbiturate groups is 1. The highest BCUT2D eigenvalue weighted by Crippen LogP contribution is 2.37. The number of amides is 4. The molecular formula is C29H23N3O3. The summed E-state index contributed by atoms with van der Waals surface area (Å²) in [4.78, 5) is 40.1. The molecule has 4 amide bonds. The first-order valence-electron chi connectivity index (χ1n) is 11.2. The van der Waals surface area contributed by atoms with Crippen LogP contribution in [0.1, 0.15) is 5.56 Å². The lowest BCUT2D eigenvalue weighted by atomic mass is 10.0. The molecule has 1 aromatic heterocycles. The summed E-state index contributed by atoms with van der Waals surface area (Å²) in [7, 11) is 2.76. The van der Waals surface area contributed by atoms with Crippen LogP contribution in [0, 0.1) is 0 Å². The van der Waals surface area contributed by atoms with E-state index >= 15 is 0 Å². The van der Waals surface area contributed by atoms with E-state index in [1.54, 1.807) is 6.08 Å². The molecule has 0 unspecified atom stereocenters. The standard InChI is InChI=1S/C29H23N3O3/c1-30-27(33)24(28(34)31(2)29(30)35)18-22-19-25(20-12-6-3-7-13-20)32(23-16-10-5-11-17-23)26(22)21-14-8-4-9-15-21/h3-19H,1-2H3. The van der Waals surface area contributed by atoms with Crippen molar-refractivity contribution in [1.29, 1.82) is 0 Å². The third-order valence-corrected chi connectivity index (χ3v) is 6.11. The predicted octanol–water partition coefficient (Wildman–Crippen LogP) is 5.25. The Balaban J connectivity index is 1.83. The second-order valence-corrected chi connectivity index (χ2v) is 8.31. The lowest BCUT2D eigenvalue weighted by Crippen LogP contribution is -2.52. The van der Waals surface area contributed by atoms with Gasteiger partial charge in [-0.25, -0.2) is 4.79 Å². The summed E-state index contributed by atoms with van der Waals surface area (Å²) in [5, 5.41) is 0. The Morgan fingerprint density at radius 2 is 1.11 bits per heavy atom. The summed E-state index contributed by atoms with van der Waals surface area (Å²) >= 11 is 0. The van der Waals surface area contributed by atoms with Crippen LogP contribution >= 0.6 is 0 Å². The van der Waals surface area contributed by atoms with Gasteiger partial charge in [0.25, 0.3) is 11.8 Å². The van der Waals surface area contributed by atoms with Crippen LogP contribution < -0.4 is 0 Å². The molecule has 1 saturated heterocycles. The van der Waals surface area contributed by atoms with Gasteiger partial charge in [0, 0.05) is 25.3 Å². The van der Waals surface area contributed by atoms with E-state index in [2.05, 4.69) is 4.57 Å². The Bertz CT molecular complexity index is 1430. The molecule has 0 N–H and O–H groups in total. The molecular weight excluding hydrogens is 438 g/mol. The Labute approximate surface area is 203 Å². The number of rotatable bonds is 4. The second kappa shape index (κ2) is 8.91. The van der Waals surface area contributed by atoms with Gasteiger partial charge in [0.05, 0.1) is 11.4 Å². The van der Waals surface area contributed by atoms with E-state index in [0.717, 1.165) is 38.0 Å². The molecule has 35 heavy (non-hydrogen) atoms. The number of para-hydroxylation sites is 1. The molecule has 0 spiro atoms. The van der Waals surface area contributed by atoms with Crippen molar-refractivity contribution >= 4 is 23.9 Å². The van der Waals surface area contributed by atoms with Gasteiger partial charge < -0.3 is 4.57 Å². The number of urea groups is 1. The maximum Gasteiger partial charge on any atom is 0.333 e. The SMILES string of the molecule is CN1C(=O)C(=Cc2cc(-c3ccccc3)n(-c3ccccc3)c2-c2ccccc2)C(=O)N(C)C1=O. The first-order chi connectivity index (χ1) is 17.0. The topological polar surface area (TPSA) is 62.6 Å². The quantitative estimate of drug-likeness (QED) is 0.308. The fourth-order valence-electron chi connectivity index (χ4n) is 4.33. The van der Waals surface area contributed by atoms with Crippen molar-refractivity contribution in [1.82, 2.24) is 14.4 Å². The molecule has 2 heterocycles.